The zero-order valence-electron chi connectivity index (χ0n) is 16.5. The summed E-state index contributed by atoms with van der Waals surface area (Å²) in [6.07, 6.45) is -0.0467. The van der Waals surface area contributed by atoms with Crippen LogP contribution in [0.2, 0.25) is 5.15 Å². The van der Waals surface area contributed by atoms with Gasteiger partial charge in [0.05, 0.1) is 18.6 Å². The minimum atomic E-state index is -2.83. The summed E-state index contributed by atoms with van der Waals surface area (Å²) in [5.74, 6) is 0. The van der Waals surface area contributed by atoms with Crippen LogP contribution < -0.4 is 0 Å². The van der Waals surface area contributed by atoms with Crippen molar-refractivity contribution in [2.75, 3.05) is 6.61 Å². The average Bonchev–Trinajstić information content (AvgIpc) is 3.40. The fraction of sp³-hybridized carbons (Fsp3) is 0.364. The molecule has 1 saturated heterocycles. The lowest BCUT2D eigenvalue weighted by Gasteiger charge is -2.41. The first-order chi connectivity index (χ1) is 14.9. The van der Waals surface area contributed by atoms with E-state index >= 15 is 0 Å². The number of halogens is 3. The van der Waals surface area contributed by atoms with Crippen molar-refractivity contribution in [3.63, 3.8) is 0 Å². The summed E-state index contributed by atoms with van der Waals surface area (Å²) in [4.78, 5) is 7.99. The Morgan fingerprint density at radius 1 is 1.32 bits per heavy atom. The summed E-state index contributed by atoms with van der Waals surface area (Å²) in [7, 11) is 0. The monoisotopic (exact) mass is 447 g/mol. The van der Waals surface area contributed by atoms with Crippen LogP contribution in [0.25, 0.3) is 11.0 Å². The first-order valence-electron chi connectivity index (χ1n) is 9.87. The number of fused-ring (bicyclic) bond motifs is 2. The fourth-order valence-corrected chi connectivity index (χ4v) is 4.98. The molecule has 0 radical (unpaired) electrons. The van der Waals surface area contributed by atoms with Crippen molar-refractivity contribution in [2.45, 2.75) is 43.3 Å². The van der Waals surface area contributed by atoms with E-state index < -0.39 is 23.9 Å². The smallest absolute Gasteiger partial charge is 0.266 e. The molecule has 1 saturated carbocycles. The van der Waals surface area contributed by atoms with Crippen LogP contribution in [-0.4, -0.2) is 38.0 Å². The number of benzene rings is 1. The highest BCUT2D eigenvalue weighted by Gasteiger charge is 2.67. The Morgan fingerprint density at radius 2 is 2.10 bits per heavy atom. The van der Waals surface area contributed by atoms with Gasteiger partial charge in [0.15, 0.2) is 5.72 Å². The van der Waals surface area contributed by atoms with Crippen LogP contribution in [0.3, 0.4) is 0 Å². The third-order valence-corrected chi connectivity index (χ3v) is 6.57. The van der Waals surface area contributed by atoms with E-state index in [-0.39, 0.29) is 35.0 Å². The Bertz CT molecular complexity index is 1160. The minimum absolute atomic E-state index is 0.00562. The van der Waals surface area contributed by atoms with Crippen LogP contribution >= 0.6 is 11.6 Å². The number of alkyl halides is 2. The lowest BCUT2D eigenvalue weighted by molar-refractivity contribution is -0.206. The molecule has 6 nitrogen and oxygen atoms in total. The van der Waals surface area contributed by atoms with Crippen molar-refractivity contribution in [1.29, 1.82) is 0 Å². The van der Waals surface area contributed by atoms with Gasteiger partial charge < -0.3 is 14.6 Å². The molecule has 0 amide bonds. The van der Waals surface area contributed by atoms with E-state index in [2.05, 4.69) is 16.5 Å². The van der Waals surface area contributed by atoms with E-state index in [1.165, 1.54) is 17.1 Å². The van der Waals surface area contributed by atoms with E-state index in [9.17, 15) is 13.9 Å². The molecule has 0 spiro atoms. The molecule has 31 heavy (non-hydrogen) atoms. The molecule has 1 aliphatic heterocycles. The highest BCUT2D eigenvalue weighted by atomic mass is 35.5. The topological polar surface area (TPSA) is 69.4 Å². The predicted molar refractivity (Wildman–Crippen MR) is 110 cm³/mol. The third kappa shape index (κ3) is 2.93. The normalized spacial score (nSPS) is 28.0. The molecular weight excluding hydrogens is 428 g/mol. The van der Waals surface area contributed by atoms with Gasteiger partial charge in [-0.2, -0.15) is 0 Å². The first-order valence-corrected chi connectivity index (χ1v) is 10.2. The van der Waals surface area contributed by atoms with Crippen molar-refractivity contribution in [1.82, 2.24) is 14.5 Å². The minimum Gasteiger partial charge on any atom is -0.366 e. The SMILES string of the molecule is C=C1CC[C@@]2(OCc3ccccc3)[C@@H]1OC[C@]2(O)n1cc(C(F)F)c2c(Cl)ncnc21. The number of nitrogens with zero attached hydrogens (tertiary/aromatic N) is 3. The number of aromatic nitrogens is 3. The lowest BCUT2D eigenvalue weighted by Crippen LogP contribution is -2.57. The first kappa shape index (κ1) is 20.5. The van der Waals surface area contributed by atoms with Gasteiger partial charge >= 0.3 is 0 Å². The molecule has 162 valence electrons. The molecule has 2 aromatic heterocycles. The van der Waals surface area contributed by atoms with E-state index in [0.717, 1.165) is 11.1 Å². The molecule has 1 aromatic carbocycles. The van der Waals surface area contributed by atoms with E-state index in [0.29, 0.717) is 12.8 Å². The fourth-order valence-electron chi connectivity index (χ4n) is 4.74. The second-order valence-electron chi connectivity index (χ2n) is 7.95. The average molecular weight is 448 g/mol. The van der Waals surface area contributed by atoms with Crippen LogP contribution in [0.1, 0.15) is 30.4 Å². The molecule has 3 atom stereocenters. The van der Waals surface area contributed by atoms with Crippen molar-refractivity contribution >= 4 is 22.6 Å². The van der Waals surface area contributed by atoms with Gasteiger partial charge in [-0.3, -0.25) is 4.57 Å². The van der Waals surface area contributed by atoms with Gasteiger partial charge in [0.1, 0.15) is 28.8 Å². The molecule has 3 heterocycles. The third-order valence-electron chi connectivity index (χ3n) is 6.28. The van der Waals surface area contributed by atoms with Gasteiger partial charge in [0.25, 0.3) is 6.43 Å². The quantitative estimate of drug-likeness (QED) is 0.464. The van der Waals surface area contributed by atoms with Crippen molar-refractivity contribution < 1.29 is 23.4 Å². The molecule has 9 heteroatoms. The Labute approximate surface area is 182 Å². The number of ether oxygens (including phenoxy) is 2. The second kappa shape index (κ2) is 7.34. The summed E-state index contributed by atoms with van der Waals surface area (Å²) in [5, 5.41) is 11.9. The lowest BCUT2D eigenvalue weighted by atomic mass is 9.88. The molecule has 5 rings (SSSR count). The van der Waals surface area contributed by atoms with Gasteiger partial charge in [-0.15, -0.1) is 0 Å². The van der Waals surface area contributed by atoms with Crippen LogP contribution in [0.15, 0.2) is 55.0 Å². The van der Waals surface area contributed by atoms with Crippen LogP contribution in [0.5, 0.6) is 0 Å². The summed E-state index contributed by atoms with van der Waals surface area (Å²) in [6, 6.07) is 9.52. The molecule has 1 aliphatic carbocycles. The zero-order valence-corrected chi connectivity index (χ0v) is 17.2. The Hall–Kier alpha value is -2.39. The molecule has 0 unspecified atom stereocenters. The van der Waals surface area contributed by atoms with Gasteiger partial charge in [-0.1, -0.05) is 48.5 Å². The van der Waals surface area contributed by atoms with E-state index in [4.69, 9.17) is 21.1 Å². The number of aliphatic hydroxyl groups is 1. The molecule has 2 aliphatic rings. The maximum absolute atomic E-state index is 13.8. The molecule has 1 N–H and O–H groups in total. The van der Waals surface area contributed by atoms with Gasteiger partial charge in [0, 0.05) is 11.8 Å². The summed E-state index contributed by atoms with van der Waals surface area (Å²) >= 11 is 6.13. The van der Waals surface area contributed by atoms with Crippen molar-refractivity contribution in [2.24, 2.45) is 0 Å². The summed E-state index contributed by atoms with van der Waals surface area (Å²) < 4.78 is 41.2. The highest BCUT2D eigenvalue weighted by Crippen LogP contribution is 2.54. The van der Waals surface area contributed by atoms with Crippen LogP contribution in [0, 0.1) is 0 Å². The zero-order chi connectivity index (χ0) is 21.8. The highest BCUT2D eigenvalue weighted by molar-refractivity contribution is 6.34. The Morgan fingerprint density at radius 3 is 2.84 bits per heavy atom. The van der Waals surface area contributed by atoms with Gasteiger partial charge in [-0.25, -0.2) is 18.7 Å². The summed E-state index contributed by atoms with van der Waals surface area (Å²) in [5.41, 5.74) is -1.56. The second-order valence-corrected chi connectivity index (χ2v) is 8.31. The number of rotatable bonds is 5. The number of hydrogen-bond donors (Lipinski definition) is 1. The molecule has 0 bridgehead atoms. The van der Waals surface area contributed by atoms with E-state index in [1.54, 1.807) is 0 Å². The molecule has 3 aromatic rings. The Kier molecular flexibility index (Phi) is 4.86. The maximum Gasteiger partial charge on any atom is 0.266 e. The number of hydrogen-bond acceptors (Lipinski definition) is 5. The molecule has 2 fully saturated rings. The standard InChI is InChI=1S/C22H20ClF2N3O3/c1-13-7-8-21(31-10-14-5-3-2-4-6-14)17(13)30-11-22(21,29)28-9-15(19(24)25)16-18(23)26-12-27-20(16)28/h2-6,9,12,17,19,29H,1,7-8,10-11H2/t17-,21-,22-/m1/s1. The summed E-state index contributed by atoms with van der Waals surface area (Å²) in [6.45, 7) is 4.12. The predicted octanol–water partition coefficient (Wildman–Crippen LogP) is 4.37. The van der Waals surface area contributed by atoms with Gasteiger partial charge in [-0.05, 0) is 24.0 Å². The largest absolute Gasteiger partial charge is 0.366 e. The maximum atomic E-state index is 13.8. The van der Waals surface area contributed by atoms with Crippen molar-refractivity contribution in [3.05, 3.63) is 71.3 Å². The van der Waals surface area contributed by atoms with Crippen LogP contribution in [-0.2, 0) is 21.8 Å². The van der Waals surface area contributed by atoms with E-state index in [1.807, 2.05) is 30.3 Å². The van der Waals surface area contributed by atoms with Crippen LogP contribution in [0.4, 0.5) is 8.78 Å². The van der Waals surface area contributed by atoms with Gasteiger partial charge in [0.2, 0.25) is 0 Å². The molecular formula is C22H20ClF2N3O3. The Balaban J connectivity index is 1.65. The van der Waals surface area contributed by atoms with Crippen molar-refractivity contribution in [3.8, 4) is 0 Å².